The summed E-state index contributed by atoms with van der Waals surface area (Å²) in [7, 11) is -0.899. The first-order valence-electron chi connectivity index (χ1n) is 7.24. The molecule has 0 spiro atoms. The van der Waals surface area contributed by atoms with Crippen LogP contribution in [-0.4, -0.2) is 28.6 Å². The smallest absolute Gasteiger partial charge is 0.401 e. The van der Waals surface area contributed by atoms with Crippen molar-refractivity contribution in [1.29, 1.82) is 0 Å². The van der Waals surface area contributed by atoms with Gasteiger partial charge >= 0.3 is 13.3 Å². The molecule has 0 N–H and O–H groups in total. The van der Waals surface area contributed by atoms with E-state index in [1.807, 2.05) is 20.8 Å². The molecule has 0 aliphatic carbocycles. The van der Waals surface area contributed by atoms with Crippen molar-refractivity contribution in [2.45, 2.75) is 38.7 Å². The van der Waals surface area contributed by atoms with Gasteiger partial charge in [-0.15, -0.1) is 0 Å². The van der Waals surface area contributed by atoms with Gasteiger partial charge in [-0.2, -0.15) is 18.3 Å². The second-order valence-electron chi connectivity index (χ2n) is 6.03. The van der Waals surface area contributed by atoms with Crippen LogP contribution in [0, 0.1) is 0 Å². The van der Waals surface area contributed by atoms with Crippen LogP contribution < -0.4 is 5.59 Å². The molecule has 1 atom stereocenters. The summed E-state index contributed by atoms with van der Waals surface area (Å²) < 4.78 is 51.9. The van der Waals surface area contributed by atoms with Gasteiger partial charge in [-0.25, -0.2) is 4.68 Å². The van der Waals surface area contributed by atoms with Crippen molar-refractivity contribution in [3.8, 4) is 5.69 Å². The highest BCUT2D eigenvalue weighted by Crippen LogP contribution is 2.30. The van der Waals surface area contributed by atoms with Crippen molar-refractivity contribution in [1.82, 2.24) is 9.78 Å². The highest BCUT2D eigenvalue weighted by Gasteiger charge is 2.47. The summed E-state index contributed by atoms with van der Waals surface area (Å²) in [6.45, 7) is 5.50. The van der Waals surface area contributed by atoms with Crippen LogP contribution in [0.2, 0.25) is 0 Å². The predicted octanol–water partition coefficient (Wildman–Crippen LogP) is 2.80. The van der Waals surface area contributed by atoms with Gasteiger partial charge in [0.1, 0.15) is 0 Å². The first-order valence-corrected chi connectivity index (χ1v) is 7.24. The molecule has 0 radical (unpaired) electrons. The van der Waals surface area contributed by atoms with Gasteiger partial charge in [-0.05, 0) is 39.0 Å². The Bertz CT molecular complexity index is 700. The highest BCUT2D eigenvalue weighted by molar-refractivity contribution is 6.61. The predicted molar refractivity (Wildman–Crippen MR) is 79.7 cm³/mol. The van der Waals surface area contributed by atoms with E-state index in [1.54, 1.807) is 30.3 Å². The molecule has 122 valence electrons. The maximum atomic E-state index is 13.1. The van der Waals surface area contributed by atoms with Crippen LogP contribution in [-0.2, 0) is 15.5 Å². The first-order chi connectivity index (χ1) is 10.7. The van der Waals surface area contributed by atoms with E-state index in [2.05, 4.69) is 5.10 Å². The third-order valence-electron chi connectivity index (χ3n) is 3.99. The lowest BCUT2D eigenvalue weighted by atomic mass is 9.84. The van der Waals surface area contributed by atoms with Crippen LogP contribution in [0.5, 0.6) is 0 Å². The zero-order chi connectivity index (χ0) is 16.8. The molecule has 1 aliphatic rings. The van der Waals surface area contributed by atoms with Crippen LogP contribution >= 0.6 is 0 Å². The lowest BCUT2D eigenvalue weighted by Crippen LogP contribution is -2.39. The molecular weight excluding hydrogens is 308 g/mol. The Kier molecular flexibility index (Phi) is 3.76. The Balaban J connectivity index is 2.07. The van der Waals surface area contributed by atoms with Crippen molar-refractivity contribution < 1.29 is 22.5 Å². The number of nitrogens with zero attached hydrogens (tertiary/aromatic N) is 2. The van der Waals surface area contributed by atoms with E-state index in [9.17, 15) is 13.2 Å². The number of hydrogen-bond acceptors (Lipinski definition) is 3. The van der Waals surface area contributed by atoms with E-state index in [0.717, 1.165) is 6.07 Å². The van der Waals surface area contributed by atoms with E-state index < -0.39 is 24.6 Å². The zero-order valence-electron chi connectivity index (χ0n) is 13.0. The molecule has 23 heavy (non-hydrogen) atoms. The Hall–Kier alpha value is -1.80. The largest absolute Gasteiger partial charge is 0.514 e. The number of alkyl halides is 3. The maximum absolute atomic E-state index is 13.1. The van der Waals surface area contributed by atoms with Crippen molar-refractivity contribution in [3.63, 3.8) is 0 Å². The fraction of sp³-hybridized carbons (Fsp3) is 0.400. The molecule has 0 bridgehead atoms. The highest BCUT2D eigenvalue weighted by atomic mass is 19.4. The summed E-state index contributed by atoms with van der Waals surface area (Å²) in [5.74, 6) is 0. The molecule has 2 heterocycles. The molecule has 1 fully saturated rings. The summed E-state index contributed by atoms with van der Waals surface area (Å²) >= 11 is 0. The molecule has 1 aromatic heterocycles. The van der Waals surface area contributed by atoms with Crippen LogP contribution in [0.1, 0.15) is 26.5 Å². The average Bonchev–Trinajstić information content (AvgIpc) is 3.02. The third-order valence-corrected chi connectivity index (χ3v) is 3.99. The number of aromatic nitrogens is 2. The fourth-order valence-corrected chi connectivity index (χ4v) is 2.36. The second kappa shape index (κ2) is 5.38. The molecule has 4 nitrogen and oxygen atoms in total. The lowest BCUT2D eigenvalue weighted by molar-refractivity contribution is -0.141. The molecule has 8 heteroatoms. The minimum Gasteiger partial charge on any atom is -0.401 e. The van der Waals surface area contributed by atoms with Gasteiger partial charge in [0.25, 0.3) is 0 Å². The third kappa shape index (κ3) is 3.01. The molecule has 1 aromatic carbocycles. The normalized spacial score (nSPS) is 21.0. The van der Waals surface area contributed by atoms with Crippen molar-refractivity contribution in [2.75, 3.05) is 0 Å². The number of para-hydroxylation sites is 1. The maximum Gasteiger partial charge on any atom is 0.514 e. The Labute approximate surface area is 132 Å². The summed E-state index contributed by atoms with van der Waals surface area (Å²) in [5, 5.41) is 3.70. The molecular formula is C15H16BF3N2O2. The zero-order valence-corrected chi connectivity index (χ0v) is 13.0. The van der Waals surface area contributed by atoms with E-state index in [4.69, 9.17) is 9.31 Å². The van der Waals surface area contributed by atoms with Crippen molar-refractivity contribution >= 4 is 12.7 Å². The van der Waals surface area contributed by atoms with Crippen LogP contribution in [0.4, 0.5) is 13.2 Å². The van der Waals surface area contributed by atoms with Crippen LogP contribution in [0.15, 0.2) is 36.4 Å². The molecule has 1 aliphatic heterocycles. The lowest BCUT2D eigenvalue weighted by Gasteiger charge is -2.21. The number of halogens is 3. The summed E-state index contributed by atoms with van der Waals surface area (Å²) in [6.07, 6.45) is -4.78. The second-order valence-corrected chi connectivity index (χ2v) is 6.03. The molecule has 2 aromatic rings. The average molecular weight is 324 g/mol. The quantitative estimate of drug-likeness (QED) is 0.797. The van der Waals surface area contributed by atoms with Gasteiger partial charge in [0, 0.05) is 0 Å². The minimum absolute atomic E-state index is 0.223. The van der Waals surface area contributed by atoms with Gasteiger partial charge < -0.3 is 9.31 Å². The van der Waals surface area contributed by atoms with Crippen LogP contribution in [0.25, 0.3) is 5.69 Å². The van der Waals surface area contributed by atoms with E-state index >= 15 is 0 Å². The standard InChI is InChI=1S/C15H16BF3N2O2/c1-10-14(2,3)23-16(22-10)13-9-12(15(17,18)19)20-21(13)11-7-5-4-6-8-11/h4-10H,1-3H3. The number of rotatable bonds is 2. The summed E-state index contributed by atoms with van der Waals surface area (Å²) in [6, 6.07) is 9.59. The van der Waals surface area contributed by atoms with Gasteiger partial charge in [0.2, 0.25) is 0 Å². The topological polar surface area (TPSA) is 36.3 Å². The van der Waals surface area contributed by atoms with Gasteiger partial charge in [0.15, 0.2) is 5.69 Å². The fourth-order valence-electron chi connectivity index (χ4n) is 2.36. The van der Waals surface area contributed by atoms with E-state index in [0.29, 0.717) is 5.69 Å². The van der Waals surface area contributed by atoms with Crippen molar-refractivity contribution in [2.24, 2.45) is 0 Å². The molecule has 1 saturated heterocycles. The molecule has 3 rings (SSSR count). The van der Waals surface area contributed by atoms with Gasteiger partial charge in [-0.3, -0.25) is 0 Å². The minimum atomic E-state index is -4.53. The molecule has 1 unspecified atom stereocenters. The first kappa shape index (κ1) is 16.1. The van der Waals surface area contributed by atoms with Gasteiger partial charge in [0.05, 0.1) is 23.0 Å². The molecule has 0 amide bonds. The Morgan fingerprint density at radius 2 is 1.87 bits per heavy atom. The van der Waals surface area contributed by atoms with Gasteiger partial charge in [-0.1, -0.05) is 18.2 Å². The van der Waals surface area contributed by atoms with Crippen molar-refractivity contribution in [3.05, 3.63) is 42.1 Å². The number of benzene rings is 1. The summed E-state index contributed by atoms with van der Waals surface area (Å²) in [4.78, 5) is 0. The molecule has 0 saturated carbocycles. The Morgan fingerprint density at radius 1 is 1.22 bits per heavy atom. The SMILES string of the molecule is CC1OB(c2cc(C(F)(F)F)nn2-c2ccccc2)OC1(C)C. The van der Waals surface area contributed by atoms with Crippen LogP contribution in [0.3, 0.4) is 0 Å². The number of hydrogen-bond donors (Lipinski definition) is 0. The Morgan fingerprint density at radius 3 is 2.39 bits per heavy atom. The monoisotopic (exact) mass is 324 g/mol. The van der Waals surface area contributed by atoms with E-state index in [-0.39, 0.29) is 11.7 Å². The summed E-state index contributed by atoms with van der Waals surface area (Å²) in [5.41, 5.74) is -0.820. The van der Waals surface area contributed by atoms with E-state index in [1.165, 1.54) is 4.68 Å².